The van der Waals surface area contributed by atoms with E-state index < -0.39 is 0 Å². The van der Waals surface area contributed by atoms with Crippen LogP contribution in [0.1, 0.15) is 0 Å². The van der Waals surface area contributed by atoms with E-state index in [0.717, 1.165) is 55.8 Å². The van der Waals surface area contributed by atoms with E-state index in [0.29, 0.717) is 0 Å². The smallest absolute Gasteiger partial charge is 0.135 e. The summed E-state index contributed by atoms with van der Waals surface area (Å²) in [7, 11) is 0. The van der Waals surface area contributed by atoms with Gasteiger partial charge in [0.15, 0.2) is 0 Å². The molecule has 3 heteroatoms. The highest BCUT2D eigenvalue weighted by Gasteiger charge is 2.20. The van der Waals surface area contributed by atoms with Crippen LogP contribution < -0.4 is 4.90 Å². The summed E-state index contributed by atoms with van der Waals surface area (Å²) < 4.78 is 8.68. The zero-order valence-electron chi connectivity index (χ0n) is 29.9. The molecule has 0 aliphatic heterocycles. The maximum absolute atomic E-state index is 6.24. The molecule has 0 saturated carbocycles. The second-order valence-electron chi connectivity index (χ2n) is 14.1. The Labute approximate surface area is 318 Å². The third kappa shape index (κ3) is 5.13. The fraction of sp³-hybridized carbons (Fsp3) is 0. The molecule has 0 amide bonds. The Bertz CT molecular complexity index is 3190. The van der Waals surface area contributed by atoms with Gasteiger partial charge in [0.25, 0.3) is 0 Å². The highest BCUT2D eigenvalue weighted by atomic mass is 16.3. The van der Waals surface area contributed by atoms with Crippen molar-refractivity contribution in [3.63, 3.8) is 0 Å². The molecule has 0 aliphatic rings. The Morgan fingerprint density at radius 3 is 1.89 bits per heavy atom. The lowest BCUT2D eigenvalue weighted by molar-refractivity contribution is 0.669. The minimum absolute atomic E-state index is 0.882. The second kappa shape index (κ2) is 12.6. The third-order valence-electron chi connectivity index (χ3n) is 11.0. The number of para-hydroxylation sites is 3. The summed E-state index contributed by atoms with van der Waals surface area (Å²) >= 11 is 0. The number of hydrogen-bond acceptors (Lipinski definition) is 2. The standard InChI is InChI=1S/C52H34N2O/c1-3-13-36(14-4-1)42-18-9-11-21-48(42)53(41-29-32-51-47(34-41)45-20-10-12-22-50(45)55-51)40-27-23-35(24-28-40)38-26-30-44-46-31-25-37-15-7-8-19-43(37)52(46)54(49(44)33-38)39-16-5-2-6-17-39/h1-34H. The summed E-state index contributed by atoms with van der Waals surface area (Å²) in [5.41, 5.74) is 13.3. The molecule has 11 aromatic rings. The molecule has 0 unspecified atom stereocenters. The molecule has 55 heavy (non-hydrogen) atoms. The molecule has 0 bridgehead atoms. The van der Waals surface area contributed by atoms with Gasteiger partial charge >= 0.3 is 0 Å². The molecular weight excluding hydrogens is 669 g/mol. The first kappa shape index (κ1) is 31.2. The van der Waals surface area contributed by atoms with E-state index in [-0.39, 0.29) is 0 Å². The fourth-order valence-electron chi connectivity index (χ4n) is 8.42. The highest BCUT2D eigenvalue weighted by Crippen LogP contribution is 2.44. The minimum Gasteiger partial charge on any atom is -0.456 e. The van der Waals surface area contributed by atoms with Gasteiger partial charge in [0, 0.05) is 49.6 Å². The molecule has 9 aromatic carbocycles. The number of rotatable bonds is 6. The van der Waals surface area contributed by atoms with E-state index in [9.17, 15) is 0 Å². The van der Waals surface area contributed by atoms with Crippen LogP contribution in [0, 0.1) is 0 Å². The third-order valence-corrected chi connectivity index (χ3v) is 11.0. The molecule has 0 N–H and O–H groups in total. The number of nitrogens with zero attached hydrogens (tertiary/aromatic N) is 2. The van der Waals surface area contributed by atoms with Crippen LogP contribution in [-0.2, 0) is 0 Å². The van der Waals surface area contributed by atoms with E-state index in [2.05, 4.69) is 204 Å². The molecule has 258 valence electrons. The van der Waals surface area contributed by atoms with Crippen LogP contribution >= 0.6 is 0 Å². The number of fused-ring (bicyclic) bond motifs is 8. The Morgan fingerprint density at radius 1 is 0.382 bits per heavy atom. The molecule has 11 rings (SSSR count). The van der Waals surface area contributed by atoms with Gasteiger partial charge in [0.05, 0.1) is 16.7 Å². The first-order chi connectivity index (χ1) is 27.3. The number of aromatic nitrogens is 1. The molecule has 0 radical (unpaired) electrons. The highest BCUT2D eigenvalue weighted by molar-refractivity contribution is 6.19. The van der Waals surface area contributed by atoms with Crippen molar-refractivity contribution in [2.24, 2.45) is 0 Å². The van der Waals surface area contributed by atoms with Gasteiger partial charge in [-0.25, -0.2) is 0 Å². The van der Waals surface area contributed by atoms with Crippen molar-refractivity contribution in [3.8, 4) is 27.9 Å². The Morgan fingerprint density at radius 2 is 1.04 bits per heavy atom. The topological polar surface area (TPSA) is 21.3 Å². The van der Waals surface area contributed by atoms with Crippen molar-refractivity contribution in [2.45, 2.75) is 0 Å². The van der Waals surface area contributed by atoms with Gasteiger partial charge in [0.1, 0.15) is 11.2 Å². The minimum atomic E-state index is 0.882. The van der Waals surface area contributed by atoms with Gasteiger partial charge in [-0.3, -0.25) is 0 Å². The maximum atomic E-state index is 6.24. The van der Waals surface area contributed by atoms with Crippen LogP contribution in [0.4, 0.5) is 17.1 Å². The van der Waals surface area contributed by atoms with Gasteiger partial charge in [-0.05, 0) is 82.7 Å². The van der Waals surface area contributed by atoms with Crippen molar-refractivity contribution in [1.29, 1.82) is 0 Å². The average Bonchev–Trinajstić information content (AvgIpc) is 3.80. The molecule has 0 atom stereocenters. The normalized spacial score (nSPS) is 11.6. The van der Waals surface area contributed by atoms with Gasteiger partial charge < -0.3 is 13.9 Å². The first-order valence-corrected chi connectivity index (χ1v) is 18.8. The van der Waals surface area contributed by atoms with Crippen molar-refractivity contribution >= 4 is 71.6 Å². The van der Waals surface area contributed by atoms with Gasteiger partial charge in [-0.1, -0.05) is 146 Å². The Hall–Kier alpha value is -7.36. The quantitative estimate of drug-likeness (QED) is 0.172. The summed E-state index contributed by atoms with van der Waals surface area (Å²) in [6.45, 7) is 0. The average molecular weight is 703 g/mol. The Kier molecular flexibility index (Phi) is 7.17. The largest absolute Gasteiger partial charge is 0.456 e. The predicted octanol–water partition coefficient (Wildman–Crippen LogP) is 14.6. The number of hydrogen-bond donors (Lipinski definition) is 0. The molecule has 0 aliphatic carbocycles. The van der Waals surface area contributed by atoms with Crippen LogP contribution in [0.5, 0.6) is 0 Å². The second-order valence-corrected chi connectivity index (χ2v) is 14.1. The van der Waals surface area contributed by atoms with E-state index in [1.165, 1.54) is 43.7 Å². The molecular formula is C52H34N2O. The van der Waals surface area contributed by atoms with Gasteiger partial charge in [0.2, 0.25) is 0 Å². The van der Waals surface area contributed by atoms with Crippen molar-refractivity contribution in [3.05, 3.63) is 206 Å². The fourth-order valence-corrected chi connectivity index (χ4v) is 8.42. The molecule has 3 nitrogen and oxygen atoms in total. The summed E-state index contributed by atoms with van der Waals surface area (Å²) in [6.07, 6.45) is 0. The molecule has 2 heterocycles. The van der Waals surface area contributed by atoms with Gasteiger partial charge in [-0.15, -0.1) is 0 Å². The molecule has 0 spiro atoms. The summed E-state index contributed by atoms with van der Waals surface area (Å²) in [6, 6.07) is 74.0. The summed E-state index contributed by atoms with van der Waals surface area (Å²) in [4.78, 5) is 2.37. The maximum Gasteiger partial charge on any atom is 0.135 e. The van der Waals surface area contributed by atoms with Crippen LogP contribution in [0.25, 0.3) is 82.5 Å². The molecule has 0 saturated heterocycles. The van der Waals surface area contributed by atoms with Crippen LogP contribution in [0.15, 0.2) is 211 Å². The lowest BCUT2D eigenvalue weighted by Crippen LogP contribution is -2.11. The van der Waals surface area contributed by atoms with E-state index in [4.69, 9.17) is 4.42 Å². The summed E-state index contributed by atoms with van der Waals surface area (Å²) in [5.74, 6) is 0. The van der Waals surface area contributed by atoms with Crippen molar-refractivity contribution < 1.29 is 4.42 Å². The van der Waals surface area contributed by atoms with E-state index in [1.807, 2.05) is 12.1 Å². The summed E-state index contributed by atoms with van der Waals surface area (Å²) in [5, 5.41) is 7.21. The first-order valence-electron chi connectivity index (χ1n) is 18.8. The van der Waals surface area contributed by atoms with E-state index >= 15 is 0 Å². The number of furan rings is 1. The number of anilines is 3. The van der Waals surface area contributed by atoms with Gasteiger partial charge in [-0.2, -0.15) is 0 Å². The number of benzene rings is 9. The monoisotopic (exact) mass is 702 g/mol. The van der Waals surface area contributed by atoms with Crippen molar-refractivity contribution in [1.82, 2.24) is 4.57 Å². The van der Waals surface area contributed by atoms with Crippen LogP contribution in [0.3, 0.4) is 0 Å². The SMILES string of the molecule is c1ccc(-c2ccccc2N(c2ccc(-c3ccc4c5ccc6ccccc6c5n(-c5ccccc5)c4c3)cc2)c2ccc3oc4ccccc4c3c2)cc1. The Balaban J connectivity index is 1.08. The van der Waals surface area contributed by atoms with Crippen molar-refractivity contribution in [2.75, 3.05) is 4.90 Å². The molecule has 2 aromatic heterocycles. The van der Waals surface area contributed by atoms with E-state index in [1.54, 1.807) is 0 Å². The predicted molar refractivity (Wildman–Crippen MR) is 231 cm³/mol. The van der Waals surface area contributed by atoms with Crippen LogP contribution in [-0.4, -0.2) is 4.57 Å². The van der Waals surface area contributed by atoms with Crippen LogP contribution in [0.2, 0.25) is 0 Å². The zero-order valence-corrected chi connectivity index (χ0v) is 29.9. The zero-order chi connectivity index (χ0) is 36.3. The lowest BCUT2D eigenvalue weighted by Gasteiger charge is -2.28. The lowest BCUT2D eigenvalue weighted by atomic mass is 10.00. The molecule has 0 fully saturated rings.